The number of sulfone groups is 1. The van der Waals surface area contributed by atoms with E-state index in [0.717, 1.165) is 38.8 Å². The molecule has 1 saturated carbocycles. The fraction of sp³-hybridized carbons (Fsp3) is 0.520. The van der Waals surface area contributed by atoms with Crippen LogP contribution in [-0.4, -0.2) is 64.7 Å². The first-order chi connectivity index (χ1) is 16.9. The molecule has 2 fully saturated rings. The normalized spacial score (nSPS) is 19.6. The fourth-order valence-corrected chi connectivity index (χ4v) is 6.09. The van der Waals surface area contributed by atoms with E-state index in [4.69, 9.17) is 4.74 Å². The van der Waals surface area contributed by atoms with Gasteiger partial charge in [0.15, 0.2) is 15.5 Å². The van der Waals surface area contributed by atoms with Gasteiger partial charge >= 0.3 is 0 Å². The number of aldehydes is 1. The second-order valence-electron chi connectivity index (χ2n) is 9.64. The molecule has 1 saturated heterocycles. The standard InChI is InChI=1S/C25H31N5O4S/c1-35(32,33)21-9-7-20(8-10-21)34-25-22-15-28-30(24(22)26-17-27-25)19-11-13-29(14-12-19)23(16-31)18-5-3-2-4-6-18/h7-10,15-19,23H,2-6,11-14H2,1H3. The molecule has 186 valence electrons. The molecule has 3 aromatic rings. The number of nitrogens with zero attached hydrogens (tertiary/aromatic N) is 5. The third kappa shape index (κ3) is 5.08. The van der Waals surface area contributed by atoms with E-state index in [0.29, 0.717) is 28.6 Å². The van der Waals surface area contributed by atoms with Gasteiger partial charge in [0.25, 0.3) is 0 Å². The molecule has 3 heterocycles. The summed E-state index contributed by atoms with van der Waals surface area (Å²) >= 11 is 0. The van der Waals surface area contributed by atoms with Gasteiger partial charge in [-0.25, -0.2) is 23.1 Å². The van der Waals surface area contributed by atoms with Crippen LogP contribution in [0.4, 0.5) is 0 Å². The van der Waals surface area contributed by atoms with Crippen LogP contribution < -0.4 is 4.74 Å². The zero-order valence-corrected chi connectivity index (χ0v) is 20.7. The number of hydrogen-bond acceptors (Lipinski definition) is 8. The maximum absolute atomic E-state index is 11.9. The van der Waals surface area contributed by atoms with E-state index in [1.165, 1.54) is 50.3 Å². The maximum atomic E-state index is 11.9. The zero-order valence-electron chi connectivity index (χ0n) is 19.9. The quantitative estimate of drug-likeness (QED) is 0.454. The summed E-state index contributed by atoms with van der Waals surface area (Å²) in [6, 6.07) is 6.47. The van der Waals surface area contributed by atoms with Crippen LogP contribution in [0.25, 0.3) is 11.0 Å². The van der Waals surface area contributed by atoms with Crippen molar-refractivity contribution in [2.45, 2.75) is 61.9 Å². The molecule has 0 spiro atoms. The molecule has 1 aliphatic heterocycles. The van der Waals surface area contributed by atoms with Gasteiger partial charge in [-0.1, -0.05) is 19.3 Å². The van der Waals surface area contributed by atoms with Crippen LogP contribution in [0.1, 0.15) is 51.0 Å². The van der Waals surface area contributed by atoms with Gasteiger partial charge < -0.3 is 9.53 Å². The van der Waals surface area contributed by atoms with Gasteiger partial charge in [-0.3, -0.25) is 4.90 Å². The van der Waals surface area contributed by atoms with Crippen LogP contribution in [0.15, 0.2) is 41.7 Å². The summed E-state index contributed by atoms with van der Waals surface area (Å²) < 4.78 is 31.3. The van der Waals surface area contributed by atoms with Crippen LogP contribution >= 0.6 is 0 Å². The summed E-state index contributed by atoms with van der Waals surface area (Å²) in [7, 11) is -3.27. The summed E-state index contributed by atoms with van der Waals surface area (Å²) in [4.78, 5) is 23.3. The molecule has 10 heteroatoms. The van der Waals surface area contributed by atoms with Crippen LogP contribution in [0.3, 0.4) is 0 Å². The van der Waals surface area contributed by atoms with Crippen molar-refractivity contribution >= 4 is 27.2 Å². The third-order valence-corrected chi connectivity index (χ3v) is 8.49. The number of likely N-dealkylation sites (tertiary alicyclic amines) is 1. The topological polar surface area (TPSA) is 107 Å². The van der Waals surface area contributed by atoms with Crippen molar-refractivity contribution in [1.82, 2.24) is 24.6 Å². The smallest absolute Gasteiger partial charge is 0.233 e. The molecule has 1 unspecified atom stereocenters. The number of piperidine rings is 1. The molecular formula is C25H31N5O4S. The van der Waals surface area contributed by atoms with Crippen molar-refractivity contribution in [2.75, 3.05) is 19.3 Å². The van der Waals surface area contributed by atoms with Crippen LogP contribution in [-0.2, 0) is 14.6 Å². The Bertz CT molecular complexity index is 1280. The molecule has 1 aliphatic carbocycles. The molecule has 0 N–H and O–H groups in total. The van der Waals surface area contributed by atoms with Gasteiger partial charge in [-0.2, -0.15) is 5.10 Å². The van der Waals surface area contributed by atoms with E-state index in [-0.39, 0.29) is 17.0 Å². The first kappa shape index (κ1) is 23.9. The zero-order chi connectivity index (χ0) is 24.4. The third-order valence-electron chi connectivity index (χ3n) is 7.36. The molecule has 2 aromatic heterocycles. The molecule has 0 radical (unpaired) electrons. The summed E-state index contributed by atoms with van der Waals surface area (Å²) in [6.07, 6.45) is 13.4. The van der Waals surface area contributed by atoms with E-state index < -0.39 is 9.84 Å². The van der Waals surface area contributed by atoms with Gasteiger partial charge in [0.2, 0.25) is 5.88 Å². The highest BCUT2D eigenvalue weighted by molar-refractivity contribution is 7.90. The van der Waals surface area contributed by atoms with E-state index in [2.05, 4.69) is 20.0 Å². The SMILES string of the molecule is CS(=O)(=O)c1ccc(Oc2ncnc3c2cnn3C2CCN(C(C=O)C3CCCCC3)CC2)cc1. The van der Waals surface area contributed by atoms with Crippen molar-refractivity contribution in [3.05, 3.63) is 36.8 Å². The largest absolute Gasteiger partial charge is 0.438 e. The molecule has 5 rings (SSSR count). The van der Waals surface area contributed by atoms with E-state index in [1.54, 1.807) is 18.3 Å². The van der Waals surface area contributed by atoms with Gasteiger partial charge in [0.1, 0.15) is 23.7 Å². The Labute approximate surface area is 205 Å². The van der Waals surface area contributed by atoms with Gasteiger partial charge in [-0.15, -0.1) is 0 Å². The second-order valence-corrected chi connectivity index (χ2v) is 11.7. The average molecular weight is 498 g/mol. The number of benzene rings is 1. The Hall–Kier alpha value is -2.85. The Balaban J connectivity index is 1.29. The maximum Gasteiger partial charge on any atom is 0.233 e. The highest BCUT2D eigenvalue weighted by atomic mass is 32.2. The van der Waals surface area contributed by atoms with Crippen LogP contribution in [0, 0.1) is 5.92 Å². The lowest BCUT2D eigenvalue weighted by Crippen LogP contribution is -2.47. The number of aromatic nitrogens is 4. The number of hydrogen-bond donors (Lipinski definition) is 0. The molecular weight excluding hydrogens is 466 g/mol. The van der Waals surface area contributed by atoms with E-state index >= 15 is 0 Å². The number of fused-ring (bicyclic) bond motifs is 1. The summed E-state index contributed by atoms with van der Waals surface area (Å²) in [6.45, 7) is 1.74. The minimum Gasteiger partial charge on any atom is -0.438 e. The predicted octanol–water partition coefficient (Wildman–Crippen LogP) is 3.81. The van der Waals surface area contributed by atoms with Gasteiger partial charge in [0, 0.05) is 19.3 Å². The number of ether oxygens (including phenoxy) is 1. The number of carbonyl (C=O) groups is 1. The van der Waals surface area contributed by atoms with Crippen molar-refractivity contribution < 1.29 is 17.9 Å². The summed E-state index contributed by atoms with van der Waals surface area (Å²) in [5, 5.41) is 5.32. The fourth-order valence-electron chi connectivity index (χ4n) is 5.46. The van der Waals surface area contributed by atoms with Crippen molar-refractivity contribution in [3.63, 3.8) is 0 Å². The molecule has 2 aliphatic rings. The number of carbonyl (C=O) groups excluding carboxylic acids is 1. The Kier molecular flexibility index (Phi) is 6.84. The highest BCUT2D eigenvalue weighted by Gasteiger charge is 2.32. The lowest BCUT2D eigenvalue weighted by atomic mass is 9.83. The van der Waals surface area contributed by atoms with Crippen molar-refractivity contribution in [1.29, 1.82) is 0 Å². The highest BCUT2D eigenvalue weighted by Crippen LogP contribution is 2.33. The van der Waals surface area contributed by atoms with Crippen LogP contribution in [0.2, 0.25) is 0 Å². The Morgan fingerprint density at radius 3 is 2.40 bits per heavy atom. The average Bonchev–Trinajstić information content (AvgIpc) is 3.31. The summed E-state index contributed by atoms with van der Waals surface area (Å²) in [5.74, 6) is 1.35. The molecule has 9 nitrogen and oxygen atoms in total. The van der Waals surface area contributed by atoms with Gasteiger partial charge in [-0.05, 0) is 55.9 Å². The summed E-state index contributed by atoms with van der Waals surface area (Å²) in [5.41, 5.74) is 0.709. The molecule has 35 heavy (non-hydrogen) atoms. The number of rotatable bonds is 7. The van der Waals surface area contributed by atoms with E-state index in [1.807, 2.05) is 4.68 Å². The first-order valence-corrected chi connectivity index (χ1v) is 14.2. The van der Waals surface area contributed by atoms with Gasteiger partial charge in [0.05, 0.1) is 23.2 Å². The van der Waals surface area contributed by atoms with E-state index in [9.17, 15) is 13.2 Å². The van der Waals surface area contributed by atoms with Crippen LogP contribution in [0.5, 0.6) is 11.6 Å². The molecule has 0 amide bonds. The Morgan fingerprint density at radius 1 is 1.03 bits per heavy atom. The minimum atomic E-state index is -3.27. The Morgan fingerprint density at radius 2 is 1.74 bits per heavy atom. The second kappa shape index (κ2) is 10.0. The minimum absolute atomic E-state index is 0.0297. The molecule has 1 atom stereocenters. The van der Waals surface area contributed by atoms with Crippen molar-refractivity contribution in [3.8, 4) is 11.6 Å². The first-order valence-electron chi connectivity index (χ1n) is 12.3. The predicted molar refractivity (Wildman–Crippen MR) is 131 cm³/mol. The van der Waals surface area contributed by atoms with Crippen molar-refractivity contribution in [2.24, 2.45) is 5.92 Å². The molecule has 1 aromatic carbocycles. The molecule has 0 bridgehead atoms. The monoisotopic (exact) mass is 497 g/mol. The lowest BCUT2D eigenvalue weighted by molar-refractivity contribution is -0.115. The lowest BCUT2D eigenvalue weighted by Gasteiger charge is -2.39.